The molecule has 0 fully saturated rings. The topological polar surface area (TPSA) is 96.2 Å². The number of rotatable bonds is 8. The van der Waals surface area contributed by atoms with Gasteiger partial charge in [0.05, 0.1) is 24.9 Å². The maximum Gasteiger partial charge on any atom is 0.338 e. The van der Waals surface area contributed by atoms with Gasteiger partial charge >= 0.3 is 5.97 Å². The summed E-state index contributed by atoms with van der Waals surface area (Å²) in [6.45, 7) is 0.00156. The van der Waals surface area contributed by atoms with E-state index in [2.05, 4.69) is 5.18 Å². The second-order valence-electron chi connectivity index (χ2n) is 4.11. The molecule has 0 radical (unpaired) electrons. The fourth-order valence-corrected chi connectivity index (χ4v) is 1.48. The molecule has 1 atom stereocenters. The van der Waals surface area contributed by atoms with E-state index < -0.39 is 12.1 Å². The van der Waals surface area contributed by atoms with Crippen LogP contribution in [0.1, 0.15) is 29.6 Å². The lowest BCUT2D eigenvalue weighted by Crippen LogP contribution is -2.12. The number of unbranched alkanes of at least 4 members (excludes halogenated alkanes) is 1. The molecule has 0 unspecified atom stereocenters. The van der Waals surface area contributed by atoms with Gasteiger partial charge in [0.1, 0.15) is 5.69 Å². The third-order valence-electron chi connectivity index (χ3n) is 2.58. The molecule has 6 heteroatoms. The Bertz CT molecular complexity index is 404. The van der Waals surface area contributed by atoms with Crippen LogP contribution in [-0.2, 0) is 4.74 Å². The fraction of sp³-hybridized carbons (Fsp3) is 0.462. The summed E-state index contributed by atoms with van der Waals surface area (Å²) in [4.78, 5) is 21.8. The molecule has 1 aromatic carbocycles. The highest BCUT2D eigenvalue weighted by Gasteiger charge is 2.07. The molecule has 0 aromatic heterocycles. The Balaban J connectivity index is 2.25. The number of hydrogen-bond donors (Lipinski definition) is 2. The predicted octanol–water partition coefficient (Wildman–Crippen LogP) is 1.76. The zero-order chi connectivity index (χ0) is 14.1. The third kappa shape index (κ3) is 5.58. The van der Waals surface area contributed by atoms with Crippen molar-refractivity contribution in [2.45, 2.75) is 25.4 Å². The quantitative estimate of drug-likeness (QED) is 0.425. The van der Waals surface area contributed by atoms with E-state index >= 15 is 0 Å². The van der Waals surface area contributed by atoms with Gasteiger partial charge in [-0.2, -0.15) is 0 Å². The van der Waals surface area contributed by atoms with Crippen LogP contribution in [-0.4, -0.2) is 35.5 Å². The smallest absolute Gasteiger partial charge is 0.338 e. The Kier molecular flexibility index (Phi) is 6.70. The molecule has 2 N–H and O–H groups in total. The molecule has 0 heterocycles. The van der Waals surface area contributed by atoms with Crippen molar-refractivity contribution in [1.82, 2.24) is 0 Å². The number of benzene rings is 1. The van der Waals surface area contributed by atoms with E-state index in [0.29, 0.717) is 24.8 Å². The summed E-state index contributed by atoms with van der Waals surface area (Å²) in [5, 5.41) is 20.4. The van der Waals surface area contributed by atoms with E-state index in [1.54, 1.807) is 0 Å². The van der Waals surface area contributed by atoms with Gasteiger partial charge in [0.25, 0.3) is 0 Å². The number of ether oxygens (including phenoxy) is 1. The number of aliphatic hydroxyl groups excluding tert-OH is 2. The van der Waals surface area contributed by atoms with E-state index in [-0.39, 0.29) is 18.9 Å². The summed E-state index contributed by atoms with van der Waals surface area (Å²) in [6, 6.07) is 5.85. The van der Waals surface area contributed by atoms with Crippen LogP contribution in [0.25, 0.3) is 0 Å². The largest absolute Gasteiger partial charge is 0.462 e. The lowest BCUT2D eigenvalue weighted by atomic mass is 10.2. The van der Waals surface area contributed by atoms with Gasteiger partial charge in [-0.15, -0.1) is 4.91 Å². The van der Waals surface area contributed by atoms with Crippen LogP contribution < -0.4 is 0 Å². The highest BCUT2D eigenvalue weighted by molar-refractivity contribution is 5.89. The summed E-state index contributed by atoms with van der Waals surface area (Å²) in [5.41, 5.74) is 0.623. The maximum absolute atomic E-state index is 11.6. The van der Waals surface area contributed by atoms with Crippen LogP contribution in [0, 0.1) is 4.91 Å². The highest BCUT2D eigenvalue weighted by atomic mass is 16.5. The Hall–Kier alpha value is -1.79. The summed E-state index contributed by atoms with van der Waals surface area (Å²) in [6.07, 6.45) is 1.06. The minimum atomic E-state index is -0.709. The van der Waals surface area contributed by atoms with Crippen LogP contribution in [0.2, 0.25) is 0 Å². The average molecular weight is 267 g/mol. The molecule has 0 aliphatic carbocycles. The third-order valence-corrected chi connectivity index (χ3v) is 2.58. The van der Waals surface area contributed by atoms with Crippen LogP contribution >= 0.6 is 0 Å². The number of carbonyl (C=O) groups excluding carboxylic acids is 1. The average Bonchev–Trinajstić information content (AvgIpc) is 2.46. The van der Waals surface area contributed by atoms with Crippen molar-refractivity contribution in [1.29, 1.82) is 0 Å². The van der Waals surface area contributed by atoms with Crippen LogP contribution in [0.3, 0.4) is 0 Å². The SMILES string of the molecule is O=Nc1ccc(C(=O)OCCCC[C@H](O)CO)cc1. The Labute approximate surface area is 111 Å². The summed E-state index contributed by atoms with van der Waals surface area (Å²) < 4.78 is 5.03. The second-order valence-corrected chi connectivity index (χ2v) is 4.11. The minimum Gasteiger partial charge on any atom is -0.462 e. The molecule has 0 amide bonds. The number of nitroso groups, excluding NO2 is 1. The normalized spacial score (nSPS) is 11.9. The first-order chi connectivity index (χ1) is 9.17. The monoisotopic (exact) mass is 267 g/mol. The molecule has 6 nitrogen and oxygen atoms in total. The van der Waals surface area contributed by atoms with Gasteiger partial charge in [0, 0.05) is 0 Å². The summed E-state index contributed by atoms with van der Waals surface area (Å²) in [7, 11) is 0. The zero-order valence-electron chi connectivity index (χ0n) is 10.5. The van der Waals surface area contributed by atoms with E-state index in [1.165, 1.54) is 24.3 Å². The van der Waals surface area contributed by atoms with Crippen molar-refractivity contribution in [2.75, 3.05) is 13.2 Å². The summed E-state index contributed by atoms with van der Waals surface area (Å²) in [5.74, 6) is -0.458. The molecule has 0 saturated carbocycles. The first-order valence-corrected chi connectivity index (χ1v) is 6.07. The van der Waals surface area contributed by atoms with Crippen LogP contribution in [0.15, 0.2) is 29.4 Å². The van der Waals surface area contributed by atoms with Gasteiger partial charge < -0.3 is 14.9 Å². The number of aliphatic hydroxyl groups is 2. The first kappa shape index (κ1) is 15.3. The molecule has 0 saturated heterocycles. The van der Waals surface area contributed by atoms with E-state index in [9.17, 15) is 9.70 Å². The molecule has 0 bridgehead atoms. The van der Waals surface area contributed by atoms with Gasteiger partial charge in [0.2, 0.25) is 0 Å². The second kappa shape index (κ2) is 8.34. The van der Waals surface area contributed by atoms with Crippen molar-refractivity contribution < 1.29 is 19.7 Å². The Morgan fingerprint density at radius 3 is 2.53 bits per heavy atom. The number of hydrogen-bond acceptors (Lipinski definition) is 6. The van der Waals surface area contributed by atoms with Crippen LogP contribution in [0.4, 0.5) is 5.69 Å². The number of nitrogens with zero attached hydrogens (tertiary/aromatic N) is 1. The van der Waals surface area contributed by atoms with Gasteiger partial charge in [0.15, 0.2) is 0 Å². The van der Waals surface area contributed by atoms with E-state index in [1.807, 2.05) is 0 Å². The molecule has 0 aliphatic heterocycles. The minimum absolute atomic E-state index is 0.253. The van der Waals surface area contributed by atoms with Crippen molar-refractivity contribution in [3.63, 3.8) is 0 Å². The first-order valence-electron chi connectivity index (χ1n) is 6.07. The summed E-state index contributed by atoms with van der Waals surface area (Å²) >= 11 is 0. The molecule has 1 aromatic rings. The molecular formula is C13H17NO5. The molecule has 1 rings (SSSR count). The van der Waals surface area contributed by atoms with Gasteiger partial charge in [-0.1, -0.05) is 0 Å². The lowest BCUT2D eigenvalue weighted by Gasteiger charge is -2.07. The zero-order valence-corrected chi connectivity index (χ0v) is 10.5. The standard InChI is InChI=1S/C13H17NO5/c15-9-12(16)3-1-2-8-19-13(17)10-4-6-11(14-18)7-5-10/h4-7,12,15-16H,1-3,8-9H2/t12-/m0/s1. The van der Waals surface area contributed by atoms with E-state index in [0.717, 1.165) is 0 Å². The Morgan fingerprint density at radius 1 is 1.26 bits per heavy atom. The van der Waals surface area contributed by atoms with Crippen molar-refractivity contribution in [3.8, 4) is 0 Å². The van der Waals surface area contributed by atoms with E-state index in [4.69, 9.17) is 14.9 Å². The number of carbonyl (C=O) groups is 1. The van der Waals surface area contributed by atoms with Gasteiger partial charge in [-0.3, -0.25) is 0 Å². The molecule has 104 valence electrons. The van der Waals surface area contributed by atoms with Crippen molar-refractivity contribution >= 4 is 11.7 Å². The molecule has 0 aliphatic rings. The molecular weight excluding hydrogens is 250 g/mol. The van der Waals surface area contributed by atoms with Crippen LogP contribution in [0.5, 0.6) is 0 Å². The lowest BCUT2D eigenvalue weighted by molar-refractivity contribution is 0.0484. The van der Waals surface area contributed by atoms with Crippen molar-refractivity contribution in [3.05, 3.63) is 34.7 Å². The highest BCUT2D eigenvalue weighted by Crippen LogP contribution is 2.13. The maximum atomic E-state index is 11.6. The van der Waals surface area contributed by atoms with Gasteiger partial charge in [-0.05, 0) is 48.7 Å². The number of esters is 1. The van der Waals surface area contributed by atoms with Crippen molar-refractivity contribution in [2.24, 2.45) is 5.18 Å². The molecule has 19 heavy (non-hydrogen) atoms. The van der Waals surface area contributed by atoms with Gasteiger partial charge in [-0.25, -0.2) is 4.79 Å². The predicted molar refractivity (Wildman–Crippen MR) is 69.1 cm³/mol. The Morgan fingerprint density at radius 2 is 1.95 bits per heavy atom. The molecule has 0 spiro atoms. The fourth-order valence-electron chi connectivity index (χ4n) is 1.48.